The summed E-state index contributed by atoms with van der Waals surface area (Å²) in [7, 11) is 1.64. The Labute approximate surface area is 186 Å². The van der Waals surface area contributed by atoms with Crippen molar-refractivity contribution in [3.63, 3.8) is 0 Å². The number of fused-ring (bicyclic) bond motifs is 1. The SMILES string of the molecule is COc1cccc(C2c3c(n[nH]c3C(C)(C)C)C(=O)N2c2ccc(-c3ccon3)cc2)c1. The molecule has 7 nitrogen and oxygen atoms in total. The fraction of sp³-hybridized carbons (Fsp3) is 0.240. The van der Waals surface area contributed by atoms with Gasteiger partial charge in [0.25, 0.3) is 5.91 Å². The first-order valence-corrected chi connectivity index (χ1v) is 10.5. The Balaban J connectivity index is 1.65. The van der Waals surface area contributed by atoms with Crippen LogP contribution >= 0.6 is 0 Å². The number of H-pyrrole nitrogens is 1. The Bertz CT molecular complexity index is 1270. The third kappa shape index (κ3) is 3.17. The van der Waals surface area contributed by atoms with Crippen LogP contribution in [0.5, 0.6) is 5.75 Å². The minimum Gasteiger partial charge on any atom is -0.497 e. The molecule has 7 heteroatoms. The lowest BCUT2D eigenvalue weighted by atomic mass is 9.85. The summed E-state index contributed by atoms with van der Waals surface area (Å²) in [6.45, 7) is 6.34. The van der Waals surface area contributed by atoms with Gasteiger partial charge in [0, 0.05) is 34.0 Å². The van der Waals surface area contributed by atoms with E-state index in [2.05, 4.69) is 36.1 Å². The van der Waals surface area contributed by atoms with Gasteiger partial charge in [0.15, 0.2) is 5.69 Å². The zero-order valence-corrected chi connectivity index (χ0v) is 18.4. The quantitative estimate of drug-likeness (QED) is 0.488. The lowest BCUT2D eigenvalue weighted by Gasteiger charge is -2.29. The summed E-state index contributed by atoms with van der Waals surface area (Å²) in [6.07, 6.45) is 1.54. The van der Waals surface area contributed by atoms with Gasteiger partial charge in [-0.15, -0.1) is 0 Å². The number of hydrogen-bond acceptors (Lipinski definition) is 5. The van der Waals surface area contributed by atoms with Gasteiger partial charge < -0.3 is 9.26 Å². The number of carbonyl (C=O) groups excluding carboxylic acids is 1. The van der Waals surface area contributed by atoms with Crippen LogP contribution in [0, 0.1) is 0 Å². The molecule has 2 aromatic heterocycles. The van der Waals surface area contributed by atoms with Crippen LogP contribution in [0.4, 0.5) is 5.69 Å². The number of nitrogens with zero attached hydrogens (tertiary/aromatic N) is 3. The number of carbonyl (C=O) groups is 1. The van der Waals surface area contributed by atoms with Crippen molar-refractivity contribution in [1.29, 1.82) is 0 Å². The van der Waals surface area contributed by atoms with E-state index in [1.54, 1.807) is 19.4 Å². The van der Waals surface area contributed by atoms with E-state index in [1.165, 1.54) is 0 Å². The molecule has 1 amide bonds. The first kappa shape index (κ1) is 20.1. The average Bonchev–Trinajstić information content (AvgIpc) is 3.51. The number of anilines is 1. The van der Waals surface area contributed by atoms with E-state index in [0.717, 1.165) is 39.5 Å². The number of aromatic amines is 1. The van der Waals surface area contributed by atoms with E-state index in [9.17, 15) is 4.79 Å². The van der Waals surface area contributed by atoms with Crippen LogP contribution < -0.4 is 9.64 Å². The van der Waals surface area contributed by atoms with Crippen LogP contribution in [-0.2, 0) is 5.41 Å². The molecule has 3 heterocycles. The number of benzene rings is 2. The zero-order valence-electron chi connectivity index (χ0n) is 18.4. The van der Waals surface area contributed by atoms with Gasteiger partial charge in [-0.25, -0.2) is 0 Å². The molecular formula is C25H24N4O3. The van der Waals surface area contributed by atoms with Gasteiger partial charge in [-0.05, 0) is 29.8 Å². The minimum atomic E-state index is -0.321. The molecule has 1 aliphatic heterocycles. The molecule has 2 aromatic carbocycles. The molecule has 0 saturated carbocycles. The average molecular weight is 428 g/mol. The maximum Gasteiger partial charge on any atom is 0.280 e. The van der Waals surface area contributed by atoms with Crippen LogP contribution in [0.15, 0.2) is 65.4 Å². The third-order valence-electron chi connectivity index (χ3n) is 5.80. The lowest BCUT2D eigenvalue weighted by molar-refractivity contribution is 0.0988. The summed E-state index contributed by atoms with van der Waals surface area (Å²) in [5, 5.41) is 11.5. The first-order chi connectivity index (χ1) is 15.4. The normalized spacial score (nSPS) is 15.8. The van der Waals surface area contributed by atoms with Gasteiger partial charge in [-0.1, -0.05) is 50.2 Å². The number of methoxy groups -OCH3 is 1. The molecule has 0 spiro atoms. The van der Waals surface area contributed by atoms with Crippen LogP contribution in [0.3, 0.4) is 0 Å². The summed E-state index contributed by atoms with van der Waals surface area (Å²) in [5.74, 6) is 0.610. The van der Waals surface area contributed by atoms with Gasteiger partial charge >= 0.3 is 0 Å². The van der Waals surface area contributed by atoms with Crippen molar-refractivity contribution in [3.05, 3.63) is 83.4 Å². The Morgan fingerprint density at radius 1 is 1.09 bits per heavy atom. The standard InChI is InChI=1S/C25H24N4O3/c1-25(2,3)23-20-21(26-27-23)24(30)29(22(20)16-6-5-7-18(14-16)31-4)17-10-8-15(9-11-17)19-12-13-32-28-19/h5-14,22H,1-4H3,(H,26,27). The van der Waals surface area contributed by atoms with Gasteiger partial charge in [0.05, 0.1) is 13.2 Å². The van der Waals surface area contributed by atoms with Crippen molar-refractivity contribution in [2.75, 3.05) is 12.0 Å². The van der Waals surface area contributed by atoms with E-state index in [-0.39, 0.29) is 17.4 Å². The van der Waals surface area contributed by atoms with E-state index in [1.807, 2.05) is 53.4 Å². The number of nitrogens with one attached hydrogen (secondary N) is 1. The van der Waals surface area contributed by atoms with Crippen molar-refractivity contribution in [1.82, 2.24) is 15.4 Å². The monoisotopic (exact) mass is 428 g/mol. The maximum atomic E-state index is 13.6. The van der Waals surface area contributed by atoms with Crippen LogP contribution in [0.1, 0.15) is 54.1 Å². The number of ether oxygens (including phenoxy) is 1. The van der Waals surface area contributed by atoms with E-state index in [0.29, 0.717) is 5.69 Å². The Hall–Kier alpha value is -3.87. The predicted octanol–water partition coefficient (Wildman–Crippen LogP) is 5.12. The number of rotatable bonds is 4. The zero-order chi connectivity index (χ0) is 22.5. The molecule has 0 bridgehead atoms. The molecular weight excluding hydrogens is 404 g/mol. The summed E-state index contributed by atoms with van der Waals surface area (Å²) in [4.78, 5) is 15.4. The number of amides is 1. The van der Waals surface area contributed by atoms with Gasteiger partial charge in [0.2, 0.25) is 0 Å². The molecule has 32 heavy (non-hydrogen) atoms. The molecule has 5 rings (SSSR count). The smallest absolute Gasteiger partial charge is 0.280 e. The Morgan fingerprint density at radius 3 is 2.53 bits per heavy atom. The van der Waals surface area contributed by atoms with Crippen molar-refractivity contribution in [2.45, 2.75) is 32.2 Å². The van der Waals surface area contributed by atoms with Crippen LogP contribution in [-0.4, -0.2) is 28.4 Å². The third-order valence-corrected chi connectivity index (χ3v) is 5.80. The molecule has 1 aliphatic rings. The Kier molecular flexibility index (Phi) is 4.62. The molecule has 0 aliphatic carbocycles. The second kappa shape index (κ2) is 7.37. The molecule has 162 valence electrons. The molecule has 1 unspecified atom stereocenters. The van der Waals surface area contributed by atoms with E-state index in [4.69, 9.17) is 9.26 Å². The topological polar surface area (TPSA) is 84.2 Å². The second-order valence-corrected chi connectivity index (χ2v) is 8.90. The molecule has 1 atom stereocenters. The van der Waals surface area contributed by atoms with Crippen LogP contribution in [0.2, 0.25) is 0 Å². The van der Waals surface area contributed by atoms with Crippen molar-refractivity contribution in [2.24, 2.45) is 0 Å². The second-order valence-electron chi connectivity index (χ2n) is 8.90. The summed E-state index contributed by atoms with van der Waals surface area (Å²) < 4.78 is 10.4. The highest BCUT2D eigenvalue weighted by Gasteiger charge is 2.44. The van der Waals surface area contributed by atoms with Crippen molar-refractivity contribution >= 4 is 11.6 Å². The van der Waals surface area contributed by atoms with Gasteiger partial charge in [0.1, 0.15) is 17.7 Å². The molecule has 4 aromatic rings. The summed E-state index contributed by atoms with van der Waals surface area (Å²) in [5.41, 5.74) is 5.54. The molecule has 0 fully saturated rings. The highest BCUT2D eigenvalue weighted by atomic mass is 16.5. The largest absolute Gasteiger partial charge is 0.497 e. The van der Waals surface area contributed by atoms with Gasteiger partial charge in [-0.3, -0.25) is 14.8 Å². The molecule has 1 N–H and O–H groups in total. The van der Waals surface area contributed by atoms with Crippen molar-refractivity contribution < 1.29 is 14.1 Å². The first-order valence-electron chi connectivity index (χ1n) is 10.5. The maximum absolute atomic E-state index is 13.6. The molecule has 0 saturated heterocycles. The number of aromatic nitrogens is 3. The highest BCUT2D eigenvalue weighted by Crippen LogP contribution is 2.45. The van der Waals surface area contributed by atoms with Crippen LogP contribution in [0.25, 0.3) is 11.3 Å². The Morgan fingerprint density at radius 2 is 1.88 bits per heavy atom. The lowest BCUT2D eigenvalue weighted by Crippen LogP contribution is -2.30. The fourth-order valence-corrected chi connectivity index (χ4v) is 4.26. The van der Waals surface area contributed by atoms with Crippen molar-refractivity contribution in [3.8, 4) is 17.0 Å². The minimum absolute atomic E-state index is 0.131. The van der Waals surface area contributed by atoms with Gasteiger partial charge in [-0.2, -0.15) is 5.10 Å². The number of hydrogen-bond donors (Lipinski definition) is 1. The summed E-state index contributed by atoms with van der Waals surface area (Å²) >= 11 is 0. The fourth-order valence-electron chi connectivity index (χ4n) is 4.26. The van der Waals surface area contributed by atoms with E-state index < -0.39 is 0 Å². The highest BCUT2D eigenvalue weighted by molar-refractivity contribution is 6.10. The molecule has 0 radical (unpaired) electrons. The van der Waals surface area contributed by atoms with E-state index >= 15 is 0 Å². The predicted molar refractivity (Wildman–Crippen MR) is 121 cm³/mol. The summed E-state index contributed by atoms with van der Waals surface area (Å²) in [6, 6.07) is 17.1.